The van der Waals surface area contributed by atoms with Crippen LogP contribution in [0.3, 0.4) is 0 Å². The number of hydrogen-bond acceptors (Lipinski definition) is 4. The summed E-state index contributed by atoms with van der Waals surface area (Å²) >= 11 is 0. The molecule has 0 fully saturated rings. The highest BCUT2D eigenvalue weighted by Gasteiger charge is 2.30. The lowest BCUT2D eigenvalue weighted by Crippen LogP contribution is -2.58. The second kappa shape index (κ2) is 6.76. The summed E-state index contributed by atoms with van der Waals surface area (Å²) in [6, 6.07) is 0. The lowest BCUT2D eigenvalue weighted by Gasteiger charge is -2.30. The summed E-state index contributed by atoms with van der Waals surface area (Å²) in [6.45, 7) is 6.51. The summed E-state index contributed by atoms with van der Waals surface area (Å²) in [5.41, 5.74) is 4.65. The fourth-order valence-electron chi connectivity index (χ4n) is 1.26. The summed E-state index contributed by atoms with van der Waals surface area (Å²) in [5, 5.41) is 2.94. The van der Waals surface area contributed by atoms with Gasteiger partial charge in [0.05, 0.1) is 6.61 Å². The van der Waals surface area contributed by atoms with E-state index in [1.165, 1.54) is 0 Å². The predicted octanol–water partition coefficient (Wildman–Crippen LogP) is -0.582. The average Bonchev–Trinajstić information content (AvgIpc) is 2.17. The Morgan fingerprint density at radius 2 is 2.20 bits per heavy atom. The van der Waals surface area contributed by atoms with Crippen molar-refractivity contribution in [3.8, 4) is 0 Å². The Bertz CT molecular complexity index is 199. The first kappa shape index (κ1) is 14.3. The molecule has 5 nitrogen and oxygen atoms in total. The van der Waals surface area contributed by atoms with Crippen LogP contribution in [0.5, 0.6) is 0 Å². The monoisotopic (exact) mass is 217 g/mol. The largest absolute Gasteiger partial charge is 0.380 e. The van der Waals surface area contributed by atoms with Gasteiger partial charge in [-0.3, -0.25) is 4.79 Å². The van der Waals surface area contributed by atoms with Crippen molar-refractivity contribution in [1.82, 2.24) is 10.2 Å². The summed E-state index contributed by atoms with van der Waals surface area (Å²) < 4.78 is 5.23. The zero-order valence-electron chi connectivity index (χ0n) is 10.2. The van der Waals surface area contributed by atoms with Crippen LogP contribution in [-0.2, 0) is 9.53 Å². The van der Waals surface area contributed by atoms with Crippen LogP contribution < -0.4 is 11.1 Å². The molecule has 0 saturated heterocycles. The lowest BCUT2D eigenvalue weighted by atomic mass is 10.0. The highest BCUT2D eigenvalue weighted by molar-refractivity contribution is 5.84. The third-order valence-corrected chi connectivity index (χ3v) is 2.50. The highest BCUT2D eigenvalue weighted by Crippen LogP contribution is 2.03. The summed E-state index contributed by atoms with van der Waals surface area (Å²) in [7, 11) is 3.68. The fourth-order valence-corrected chi connectivity index (χ4v) is 1.26. The maximum atomic E-state index is 11.2. The van der Waals surface area contributed by atoms with Crippen LogP contribution in [0.2, 0.25) is 0 Å². The van der Waals surface area contributed by atoms with Gasteiger partial charge in [-0.05, 0) is 27.9 Å². The van der Waals surface area contributed by atoms with Gasteiger partial charge in [-0.25, -0.2) is 0 Å². The smallest absolute Gasteiger partial charge is 0.238 e. The zero-order valence-corrected chi connectivity index (χ0v) is 10.2. The standard InChI is InChI=1S/C10H23N3O2/c1-5-15-7-6-13(4)8-10(2,12-3)9(11)14/h12H,5-8H2,1-4H3,(H2,11,14). The molecule has 0 saturated carbocycles. The van der Waals surface area contributed by atoms with Crippen molar-refractivity contribution >= 4 is 5.91 Å². The molecule has 1 atom stereocenters. The molecule has 3 N–H and O–H groups in total. The predicted molar refractivity (Wildman–Crippen MR) is 60.6 cm³/mol. The molecule has 0 heterocycles. The number of rotatable bonds is 8. The number of nitrogens with two attached hydrogens (primary N) is 1. The van der Waals surface area contributed by atoms with E-state index in [9.17, 15) is 4.79 Å². The maximum Gasteiger partial charge on any atom is 0.238 e. The molecule has 0 aliphatic carbocycles. The van der Waals surface area contributed by atoms with Crippen molar-refractivity contribution < 1.29 is 9.53 Å². The van der Waals surface area contributed by atoms with Gasteiger partial charge in [0.15, 0.2) is 0 Å². The molecule has 5 heteroatoms. The Morgan fingerprint density at radius 3 is 2.60 bits per heavy atom. The number of nitrogens with one attached hydrogen (secondary N) is 1. The second-order valence-corrected chi connectivity index (χ2v) is 3.88. The molecule has 0 rings (SSSR count). The Morgan fingerprint density at radius 1 is 1.60 bits per heavy atom. The van der Waals surface area contributed by atoms with Crippen molar-refractivity contribution in [2.45, 2.75) is 19.4 Å². The molecule has 0 bridgehead atoms. The van der Waals surface area contributed by atoms with Gasteiger partial charge in [0, 0.05) is 19.7 Å². The van der Waals surface area contributed by atoms with Crippen LogP contribution in [0.15, 0.2) is 0 Å². The van der Waals surface area contributed by atoms with E-state index in [-0.39, 0.29) is 5.91 Å². The van der Waals surface area contributed by atoms with Gasteiger partial charge in [0.25, 0.3) is 0 Å². The van der Waals surface area contributed by atoms with E-state index in [0.29, 0.717) is 19.8 Å². The summed E-state index contributed by atoms with van der Waals surface area (Å²) in [6.07, 6.45) is 0. The molecule has 0 aromatic rings. The number of amides is 1. The number of primary amides is 1. The molecule has 0 aliphatic heterocycles. The number of nitrogens with zero attached hydrogens (tertiary/aromatic N) is 1. The Balaban J connectivity index is 4.01. The normalized spacial score (nSPS) is 15.3. The molecule has 90 valence electrons. The third-order valence-electron chi connectivity index (χ3n) is 2.50. The number of likely N-dealkylation sites (N-methyl/N-ethyl adjacent to an activating group) is 2. The van der Waals surface area contributed by atoms with Gasteiger partial charge in [-0.15, -0.1) is 0 Å². The minimum absolute atomic E-state index is 0.340. The summed E-state index contributed by atoms with van der Waals surface area (Å²) in [5.74, 6) is -0.340. The minimum Gasteiger partial charge on any atom is -0.380 e. The second-order valence-electron chi connectivity index (χ2n) is 3.88. The molecule has 0 aromatic carbocycles. The molecule has 15 heavy (non-hydrogen) atoms. The number of carbonyl (C=O) groups excluding carboxylic acids is 1. The van der Waals surface area contributed by atoms with E-state index in [2.05, 4.69) is 5.32 Å². The van der Waals surface area contributed by atoms with Crippen molar-refractivity contribution in [2.24, 2.45) is 5.73 Å². The molecule has 1 amide bonds. The summed E-state index contributed by atoms with van der Waals surface area (Å²) in [4.78, 5) is 13.2. The van der Waals surface area contributed by atoms with Crippen molar-refractivity contribution in [3.05, 3.63) is 0 Å². The number of carbonyl (C=O) groups is 1. The zero-order chi connectivity index (χ0) is 11.9. The maximum absolute atomic E-state index is 11.2. The van der Waals surface area contributed by atoms with E-state index < -0.39 is 5.54 Å². The highest BCUT2D eigenvalue weighted by atomic mass is 16.5. The number of hydrogen-bond donors (Lipinski definition) is 2. The van der Waals surface area contributed by atoms with Gasteiger partial charge in [0.2, 0.25) is 5.91 Å². The van der Waals surface area contributed by atoms with Gasteiger partial charge in [-0.1, -0.05) is 0 Å². The molecule has 0 radical (unpaired) electrons. The van der Waals surface area contributed by atoms with Crippen LogP contribution in [0.25, 0.3) is 0 Å². The molecule has 1 unspecified atom stereocenters. The van der Waals surface area contributed by atoms with E-state index in [4.69, 9.17) is 10.5 Å². The van der Waals surface area contributed by atoms with Gasteiger partial charge in [0.1, 0.15) is 5.54 Å². The van der Waals surface area contributed by atoms with Crippen LogP contribution in [0.4, 0.5) is 0 Å². The van der Waals surface area contributed by atoms with Crippen LogP contribution in [0, 0.1) is 0 Å². The van der Waals surface area contributed by atoms with Crippen molar-refractivity contribution in [3.63, 3.8) is 0 Å². The quantitative estimate of drug-likeness (QED) is 0.534. The first-order valence-corrected chi connectivity index (χ1v) is 5.21. The van der Waals surface area contributed by atoms with E-state index in [0.717, 1.165) is 6.54 Å². The number of ether oxygens (including phenoxy) is 1. The van der Waals surface area contributed by atoms with Crippen LogP contribution in [-0.4, -0.2) is 56.7 Å². The SMILES string of the molecule is CCOCCN(C)CC(C)(NC)C(N)=O. The Labute approximate surface area is 91.9 Å². The Hall–Kier alpha value is -0.650. The van der Waals surface area contributed by atoms with Crippen LogP contribution >= 0.6 is 0 Å². The van der Waals surface area contributed by atoms with Crippen molar-refractivity contribution in [2.75, 3.05) is 40.4 Å². The first-order valence-electron chi connectivity index (χ1n) is 5.21. The molecular weight excluding hydrogens is 194 g/mol. The molecule has 0 aliphatic rings. The lowest BCUT2D eigenvalue weighted by molar-refractivity contribution is -0.124. The van der Waals surface area contributed by atoms with Gasteiger partial charge < -0.3 is 20.7 Å². The minimum atomic E-state index is -0.680. The van der Waals surface area contributed by atoms with E-state index in [1.54, 1.807) is 14.0 Å². The van der Waals surface area contributed by atoms with Crippen molar-refractivity contribution in [1.29, 1.82) is 0 Å². The van der Waals surface area contributed by atoms with E-state index >= 15 is 0 Å². The topological polar surface area (TPSA) is 67.6 Å². The Kier molecular flexibility index (Phi) is 6.47. The average molecular weight is 217 g/mol. The third kappa shape index (κ3) is 5.11. The fraction of sp³-hybridized carbons (Fsp3) is 0.900. The molecule has 0 aromatic heterocycles. The first-order chi connectivity index (χ1) is 6.96. The molecular formula is C10H23N3O2. The van der Waals surface area contributed by atoms with Gasteiger partial charge >= 0.3 is 0 Å². The van der Waals surface area contributed by atoms with Gasteiger partial charge in [-0.2, -0.15) is 0 Å². The van der Waals surface area contributed by atoms with E-state index in [1.807, 2.05) is 18.9 Å². The van der Waals surface area contributed by atoms with Crippen LogP contribution in [0.1, 0.15) is 13.8 Å². The molecule has 0 spiro atoms.